The van der Waals surface area contributed by atoms with Gasteiger partial charge in [-0.15, -0.1) is 0 Å². The van der Waals surface area contributed by atoms with Crippen molar-refractivity contribution in [2.45, 2.75) is 72.1 Å². The second kappa shape index (κ2) is 7.85. The van der Waals surface area contributed by atoms with Gasteiger partial charge in [0.2, 0.25) is 0 Å². The quantitative estimate of drug-likeness (QED) is 0.531. The van der Waals surface area contributed by atoms with Crippen LogP contribution in [0.5, 0.6) is 0 Å². The number of aryl methyl sites for hydroxylation is 1. The van der Waals surface area contributed by atoms with Crippen LogP contribution in [0.25, 0.3) is 0 Å². The minimum atomic E-state index is -0.268. The van der Waals surface area contributed by atoms with Gasteiger partial charge in [0.05, 0.1) is 12.2 Å². The predicted molar refractivity (Wildman–Crippen MR) is 122 cm³/mol. The van der Waals surface area contributed by atoms with E-state index in [1.807, 2.05) is 31.2 Å². The van der Waals surface area contributed by atoms with Gasteiger partial charge in [-0.25, -0.2) is 4.79 Å². The average molecular weight is 394 g/mol. The molecule has 0 aliphatic heterocycles. The minimum absolute atomic E-state index is 0.181. The lowest BCUT2D eigenvalue weighted by Crippen LogP contribution is -2.34. The highest BCUT2D eigenvalue weighted by atomic mass is 16.5. The van der Waals surface area contributed by atoms with Gasteiger partial charge in [0.1, 0.15) is 0 Å². The van der Waals surface area contributed by atoms with Crippen LogP contribution in [0.1, 0.15) is 81.4 Å². The molecule has 0 atom stereocenters. The predicted octanol–water partition coefficient (Wildman–Crippen LogP) is 6.68. The van der Waals surface area contributed by atoms with Gasteiger partial charge < -0.3 is 9.64 Å². The first-order valence-electron chi connectivity index (χ1n) is 10.8. The normalized spacial score (nSPS) is 16.8. The Bertz CT molecular complexity index is 894. The molecule has 29 heavy (non-hydrogen) atoms. The Balaban J connectivity index is 2.03. The molecule has 0 radical (unpaired) electrons. The molecule has 3 heteroatoms. The van der Waals surface area contributed by atoms with Crippen molar-refractivity contribution in [2.24, 2.45) is 0 Å². The maximum atomic E-state index is 12.0. The van der Waals surface area contributed by atoms with Crippen molar-refractivity contribution in [2.75, 3.05) is 18.1 Å². The van der Waals surface area contributed by atoms with Crippen LogP contribution in [0.3, 0.4) is 0 Å². The third kappa shape index (κ3) is 4.05. The van der Waals surface area contributed by atoms with E-state index < -0.39 is 0 Å². The van der Waals surface area contributed by atoms with Gasteiger partial charge in [-0.3, -0.25) is 0 Å². The van der Waals surface area contributed by atoms with Gasteiger partial charge in [-0.2, -0.15) is 0 Å². The molecule has 156 valence electrons. The van der Waals surface area contributed by atoms with Crippen LogP contribution in [0.4, 0.5) is 11.4 Å². The first-order valence-corrected chi connectivity index (χ1v) is 10.8. The zero-order valence-corrected chi connectivity index (χ0v) is 19.1. The Labute approximate surface area is 176 Å². The monoisotopic (exact) mass is 393 g/mol. The number of carbonyl (C=O) groups excluding carboxylic acids is 1. The largest absolute Gasteiger partial charge is 0.462 e. The fourth-order valence-corrected chi connectivity index (χ4v) is 4.49. The van der Waals surface area contributed by atoms with Gasteiger partial charge in [0, 0.05) is 17.9 Å². The molecule has 2 aromatic rings. The molecule has 0 amide bonds. The summed E-state index contributed by atoms with van der Waals surface area (Å²) in [6.45, 7) is 16.9. The number of rotatable bonds is 5. The summed E-state index contributed by atoms with van der Waals surface area (Å²) in [6.07, 6.45) is 2.43. The maximum Gasteiger partial charge on any atom is 0.338 e. The van der Waals surface area contributed by atoms with Gasteiger partial charge in [0.25, 0.3) is 0 Å². The SMILES string of the molecule is CCOC(=O)c1ccc(N(CC)c2cc3c(cc2C)C(C)(C)CCC3(C)C)cc1. The molecule has 1 aliphatic carbocycles. The van der Waals surface area contributed by atoms with Crippen molar-refractivity contribution in [3.05, 3.63) is 58.7 Å². The first kappa shape index (κ1) is 21.4. The highest BCUT2D eigenvalue weighted by Crippen LogP contribution is 2.48. The van der Waals surface area contributed by atoms with E-state index in [4.69, 9.17) is 4.74 Å². The van der Waals surface area contributed by atoms with Crippen molar-refractivity contribution in [3.63, 3.8) is 0 Å². The number of carbonyl (C=O) groups is 1. The van der Waals surface area contributed by atoms with Crippen LogP contribution in [0.15, 0.2) is 36.4 Å². The van der Waals surface area contributed by atoms with Crippen molar-refractivity contribution in [1.82, 2.24) is 0 Å². The highest BCUT2D eigenvalue weighted by Gasteiger charge is 2.37. The Hall–Kier alpha value is -2.29. The number of benzene rings is 2. The number of esters is 1. The molecule has 0 fully saturated rings. The van der Waals surface area contributed by atoms with Crippen LogP contribution in [-0.2, 0) is 15.6 Å². The molecule has 2 aromatic carbocycles. The van der Waals surface area contributed by atoms with Crippen LogP contribution in [0, 0.1) is 6.92 Å². The molecular formula is C26H35NO2. The van der Waals surface area contributed by atoms with E-state index in [1.165, 1.54) is 35.2 Å². The molecule has 0 unspecified atom stereocenters. The number of fused-ring (bicyclic) bond motifs is 1. The average Bonchev–Trinajstić information content (AvgIpc) is 2.68. The van der Waals surface area contributed by atoms with Crippen LogP contribution < -0.4 is 4.90 Å². The molecule has 0 bridgehead atoms. The lowest BCUT2D eigenvalue weighted by atomic mass is 9.63. The highest BCUT2D eigenvalue weighted by molar-refractivity contribution is 5.90. The summed E-state index contributed by atoms with van der Waals surface area (Å²) in [6, 6.07) is 12.6. The van der Waals surface area contributed by atoms with Crippen molar-refractivity contribution in [3.8, 4) is 0 Å². The molecule has 3 nitrogen and oxygen atoms in total. The molecule has 0 N–H and O–H groups in total. The summed E-state index contributed by atoms with van der Waals surface area (Å²) in [5.74, 6) is -0.268. The zero-order valence-electron chi connectivity index (χ0n) is 19.1. The summed E-state index contributed by atoms with van der Waals surface area (Å²) in [7, 11) is 0. The molecular weight excluding hydrogens is 358 g/mol. The molecule has 0 saturated carbocycles. The zero-order chi connectivity index (χ0) is 21.4. The van der Waals surface area contributed by atoms with Crippen LogP contribution >= 0.6 is 0 Å². The molecule has 1 aliphatic rings. The van der Waals surface area contributed by atoms with E-state index in [2.05, 4.69) is 58.6 Å². The molecule has 0 spiro atoms. The second-order valence-corrected chi connectivity index (χ2v) is 9.46. The number of anilines is 2. The molecule has 3 rings (SSSR count). The number of hydrogen-bond acceptors (Lipinski definition) is 3. The summed E-state index contributed by atoms with van der Waals surface area (Å²) >= 11 is 0. The summed E-state index contributed by atoms with van der Waals surface area (Å²) < 4.78 is 5.11. The number of hydrogen-bond donors (Lipinski definition) is 0. The van der Waals surface area contributed by atoms with E-state index in [0.717, 1.165) is 12.2 Å². The van der Waals surface area contributed by atoms with E-state index in [-0.39, 0.29) is 16.8 Å². The topological polar surface area (TPSA) is 29.5 Å². The Morgan fingerprint density at radius 3 is 2.03 bits per heavy atom. The minimum Gasteiger partial charge on any atom is -0.462 e. The first-order chi connectivity index (χ1) is 13.6. The third-order valence-corrected chi connectivity index (χ3v) is 6.47. The standard InChI is InChI=1S/C26H35NO2/c1-8-27(20-12-10-19(11-13-20)24(28)29-9-2)23-17-22-21(16-18(23)3)25(4,5)14-15-26(22,6)7/h10-13,16-17H,8-9,14-15H2,1-7H3. The lowest BCUT2D eigenvalue weighted by Gasteiger charge is -2.43. The van der Waals surface area contributed by atoms with Gasteiger partial charge >= 0.3 is 5.97 Å². The van der Waals surface area contributed by atoms with Crippen LogP contribution in [-0.4, -0.2) is 19.1 Å². The second-order valence-electron chi connectivity index (χ2n) is 9.46. The Morgan fingerprint density at radius 1 is 0.966 bits per heavy atom. The van der Waals surface area contributed by atoms with E-state index in [0.29, 0.717) is 12.2 Å². The Morgan fingerprint density at radius 2 is 1.52 bits per heavy atom. The van der Waals surface area contributed by atoms with Crippen molar-refractivity contribution < 1.29 is 9.53 Å². The summed E-state index contributed by atoms with van der Waals surface area (Å²) in [4.78, 5) is 14.3. The van der Waals surface area contributed by atoms with E-state index >= 15 is 0 Å². The summed E-state index contributed by atoms with van der Waals surface area (Å²) in [5, 5.41) is 0. The fourth-order valence-electron chi connectivity index (χ4n) is 4.49. The Kier molecular flexibility index (Phi) is 5.80. The van der Waals surface area contributed by atoms with Crippen molar-refractivity contribution >= 4 is 17.3 Å². The fraction of sp³-hybridized carbons (Fsp3) is 0.500. The van der Waals surface area contributed by atoms with Crippen LogP contribution in [0.2, 0.25) is 0 Å². The van der Waals surface area contributed by atoms with Gasteiger partial charge in [-0.05, 0) is 91.5 Å². The van der Waals surface area contributed by atoms with E-state index in [9.17, 15) is 4.79 Å². The molecule has 0 heterocycles. The number of nitrogens with zero attached hydrogens (tertiary/aromatic N) is 1. The van der Waals surface area contributed by atoms with E-state index in [1.54, 1.807) is 0 Å². The summed E-state index contributed by atoms with van der Waals surface area (Å²) in [5.41, 5.74) is 7.59. The molecule has 0 saturated heterocycles. The smallest absolute Gasteiger partial charge is 0.338 e. The maximum absolute atomic E-state index is 12.0. The lowest BCUT2D eigenvalue weighted by molar-refractivity contribution is 0.0526. The van der Waals surface area contributed by atoms with Crippen molar-refractivity contribution in [1.29, 1.82) is 0 Å². The van der Waals surface area contributed by atoms with Gasteiger partial charge in [0.15, 0.2) is 0 Å². The third-order valence-electron chi connectivity index (χ3n) is 6.47. The van der Waals surface area contributed by atoms with Gasteiger partial charge in [-0.1, -0.05) is 33.8 Å². The number of ether oxygens (including phenoxy) is 1. The molecule has 0 aromatic heterocycles.